The Morgan fingerprint density at radius 1 is 1.02 bits per heavy atom. The summed E-state index contributed by atoms with van der Waals surface area (Å²) < 4.78 is 49.7. The van der Waals surface area contributed by atoms with Gasteiger partial charge >= 0.3 is 6.36 Å². The number of hydrogen-bond donors (Lipinski definition) is 1. The maximum absolute atomic E-state index is 13.6. The maximum Gasteiger partial charge on any atom is 0.573 e. The molecule has 0 unspecified atom stereocenters. The lowest BCUT2D eigenvalue weighted by atomic mass is 9.82. The average Bonchev–Trinajstić information content (AvgIpc) is 3.39. The summed E-state index contributed by atoms with van der Waals surface area (Å²) in [4.78, 5) is 31.9. The fraction of sp³-hybridized carbons (Fsp3) is 0.484. The number of piperidine rings is 1. The average molecular weight is 588 g/mol. The van der Waals surface area contributed by atoms with Crippen LogP contribution >= 0.6 is 0 Å². The minimum absolute atomic E-state index is 0.0135. The summed E-state index contributed by atoms with van der Waals surface area (Å²) in [6, 6.07) is 13.4. The van der Waals surface area contributed by atoms with E-state index >= 15 is 0 Å². The first-order valence-corrected chi connectivity index (χ1v) is 14.3. The van der Waals surface area contributed by atoms with Gasteiger partial charge in [0.25, 0.3) is 0 Å². The molecule has 11 heteroatoms. The van der Waals surface area contributed by atoms with Gasteiger partial charge in [-0.2, -0.15) is 0 Å². The highest BCUT2D eigenvalue weighted by Crippen LogP contribution is 2.31. The second-order valence-corrected chi connectivity index (χ2v) is 11.2. The number of fused-ring (bicyclic) bond motifs is 3. The van der Waals surface area contributed by atoms with Crippen LogP contribution < -0.4 is 9.47 Å². The Labute approximate surface area is 243 Å². The van der Waals surface area contributed by atoms with Crippen molar-refractivity contribution in [3.8, 4) is 11.5 Å². The number of aliphatic hydroxyl groups is 1. The molecule has 226 valence electrons. The van der Waals surface area contributed by atoms with Crippen LogP contribution in [0.15, 0.2) is 60.7 Å². The van der Waals surface area contributed by atoms with Gasteiger partial charge in [0.05, 0.1) is 12.6 Å². The summed E-state index contributed by atoms with van der Waals surface area (Å²) in [6.45, 7) is 2.45. The Kier molecular flexibility index (Phi) is 9.37. The molecule has 0 spiro atoms. The first kappa shape index (κ1) is 29.9. The van der Waals surface area contributed by atoms with Crippen molar-refractivity contribution in [1.82, 2.24) is 14.7 Å². The number of halogens is 3. The molecule has 3 aliphatic rings. The summed E-state index contributed by atoms with van der Waals surface area (Å²) in [6.07, 6.45) is 0.209. The van der Waals surface area contributed by atoms with Crippen molar-refractivity contribution in [2.45, 2.75) is 44.8 Å². The molecule has 0 aliphatic carbocycles. The van der Waals surface area contributed by atoms with Crippen molar-refractivity contribution in [2.75, 3.05) is 39.3 Å². The van der Waals surface area contributed by atoms with Gasteiger partial charge < -0.3 is 24.4 Å². The molecule has 42 heavy (non-hydrogen) atoms. The Bertz CT molecular complexity index is 1290. The summed E-state index contributed by atoms with van der Waals surface area (Å²) >= 11 is 0. The maximum atomic E-state index is 13.6. The molecular formula is C31H36F3N3O5. The second kappa shape index (κ2) is 13.2. The SMILES string of the molecule is O=C(C[C@@H]1CCN2C[C@@H]1/C=C\COc1ccccc1CN(Cc1ccccc1OC(F)(F)F)CC2=O)N1CC[C@@H](O)C1. The minimum Gasteiger partial charge on any atom is -0.489 e. The van der Waals surface area contributed by atoms with Crippen molar-refractivity contribution in [2.24, 2.45) is 11.8 Å². The molecule has 0 radical (unpaired) electrons. The molecule has 2 aromatic carbocycles. The Balaban J connectivity index is 1.37. The number of rotatable bonds is 5. The van der Waals surface area contributed by atoms with Crippen molar-refractivity contribution in [1.29, 1.82) is 0 Å². The summed E-state index contributed by atoms with van der Waals surface area (Å²) in [7, 11) is 0. The van der Waals surface area contributed by atoms with E-state index in [-0.39, 0.29) is 49.0 Å². The van der Waals surface area contributed by atoms with Gasteiger partial charge in [0.2, 0.25) is 11.8 Å². The van der Waals surface area contributed by atoms with Gasteiger partial charge in [-0.05, 0) is 36.8 Å². The first-order chi connectivity index (χ1) is 20.1. The van der Waals surface area contributed by atoms with Crippen molar-refractivity contribution >= 4 is 11.8 Å². The highest BCUT2D eigenvalue weighted by atomic mass is 19.4. The highest BCUT2D eigenvalue weighted by Gasteiger charge is 2.35. The zero-order valence-electron chi connectivity index (χ0n) is 23.3. The molecular weight excluding hydrogens is 551 g/mol. The standard InChI is InChI=1S/C31H36F3N3O5/c32-31(33,34)42-28-10-4-2-7-25(28)18-35-17-24-6-1-3-9-27(24)41-15-5-8-23-19-36(30(40)21-35)13-11-22(23)16-29(39)37-14-12-26(38)20-37/h1-10,22-23,26,38H,11-21H2/b8-5-/t22-,23-,26+/m0/s1. The third-order valence-electron chi connectivity index (χ3n) is 8.15. The molecule has 0 saturated carbocycles. The topological polar surface area (TPSA) is 82.6 Å². The molecule has 2 amide bonds. The van der Waals surface area contributed by atoms with Gasteiger partial charge in [0.1, 0.15) is 18.1 Å². The second-order valence-electron chi connectivity index (χ2n) is 11.2. The van der Waals surface area contributed by atoms with E-state index in [2.05, 4.69) is 4.74 Å². The van der Waals surface area contributed by atoms with Crippen LogP contribution in [0.5, 0.6) is 11.5 Å². The molecule has 0 aromatic heterocycles. The Morgan fingerprint density at radius 3 is 2.60 bits per heavy atom. The van der Waals surface area contributed by atoms with Gasteiger partial charge in [-0.25, -0.2) is 0 Å². The van der Waals surface area contributed by atoms with E-state index in [9.17, 15) is 27.9 Å². The predicted octanol–water partition coefficient (Wildman–Crippen LogP) is 3.98. The number of alkyl halides is 3. The molecule has 2 bridgehead atoms. The van der Waals surface area contributed by atoms with Gasteiger partial charge in [-0.1, -0.05) is 48.6 Å². The molecule has 5 rings (SSSR count). The van der Waals surface area contributed by atoms with Crippen LogP contribution in [0, 0.1) is 11.8 Å². The highest BCUT2D eigenvalue weighted by molar-refractivity contribution is 5.79. The zero-order chi connectivity index (χ0) is 29.7. The number of para-hydroxylation sites is 2. The number of β-amino-alcohol motifs (C(OH)–C–C–N with tert-alkyl or cyclic N) is 1. The fourth-order valence-corrected chi connectivity index (χ4v) is 5.99. The number of amides is 2. The number of aliphatic hydroxyl groups excluding tert-OH is 1. The van der Waals surface area contributed by atoms with Crippen LogP contribution in [-0.2, 0) is 22.7 Å². The molecule has 2 fully saturated rings. The minimum atomic E-state index is -4.84. The third-order valence-corrected chi connectivity index (χ3v) is 8.15. The Morgan fingerprint density at radius 2 is 1.81 bits per heavy atom. The monoisotopic (exact) mass is 587 g/mol. The lowest BCUT2D eigenvalue weighted by molar-refractivity contribution is -0.275. The molecule has 1 N–H and O–H groups in total. The van der Waals surface area contributed by atoms with Crippen LogP contribution in [-0.4, -0.2) is 83.4 Å². The van der Waals surface area contributed by atoms with E-state index in [0.29, 0.717) is 63.4 Å². The first-order valence-electron chi connectivity index (χ1n) is 14.3. The zero-order valence-corrected chi connectivity index (χ0v) is 23.3. The van der Waals surface area contributed by atoms with Crippen LogP contribution in [0.25, 0.3) is 0 Å². The third kappa shape index (κ3) is 7.83. The molecule has 3 atom stereocenters. The molecule has 2 aromatic rings. The summed E-state index contributed by atoms with van der Waals surface area (Å²) in [5.41, 5.74) is 1.12. The normalized spacial score (nSPS) is 24.6. The van der Waals surface area contributed by atoms with E-state index in [1.165, 1.54) is 12.1 Å². The molecule has 8 nitrogen and oxygen atoms in total. The number of carbonyl (C=O) groups is 2. The quantitative estimate of drug-likeness (QED) is 0.533. The largest absolute Gasteiger partial charge is 0.573 e. The number of nitrogens with zero attached hydrogens (tertiary/aromatic N) is 3. The smallest absolute Gasteiger partial charge is 0.489 e. The fourth-order valence-electron chi connectivity index (χ4n) is 5.99. The van der Waals surface area contributed by atoms with E-state index in [1.54, 1.807) is 26.8 Å². The van der Waals surface area contributed by atoms with Crippen LogP contribution in [0.1, 0.15) is 30.4 Å². The van der Waals surface area contributed by atoms with Crippen LogP contribution in [0.3, 0.4) is 0 Å². The Hall–Kier alpha value is -3.57. The van der Waals surface area contributed by atoms with Crippen molar-refractivity contribution in [3.05, 3.63) is 71.8 Å². The number of carbonyl (C=O) groups excluding carboxylic acids is 2. The lowest BCUT2D eigenvalue weighted by Gasteiger charge is -2.38. The van der Waals surface area contributed by atoms with Gasteiger partial charge in [0, 0.05) is 56.8 Å². The molecule has 2 saturated heterocycles. The van der Waals surface area contributed by atoms with Crippen molar-refractivity contribution in [3.63, 3.8) is 0 Å². The number of ether oxygens (including phenoxy) is 2. The number of hydrogen-bond acceptors (Lipinski definition) is 6. The van der Waals surface area contributed by atoms with Gasteiger partial charge in [0.15, 0.2) is 0 Å². The van der Waals surface area contributed by atoms with Crippen LogP contribution in [0.2, 0.25) is 0 Å². The molecule has 3 heterocycles. The summed E-state index contributed by atoms with van der Waals surface area (Å²) in [5, 5.41) is 9.85. The summed E-state index contributed by atoms with van der Waals surface area (Å²) in [5.74, 6) is 0.187. The van der Waals surface area contributed by atoms with Crippen molar-refractivity contribution < 1.29 is 37.3 Å². The van der Waals surface area contributed by atoms with E-state index < -0.39 is 12.5 Å². The van der Waals surface area contributed by atoms with Gasteiger partial charge in [-0.15, -0.1) is 13.2 Å². The lowest BCUT2D eigenvalue weighted by Crippen LogP contribution is -2.47. The molecule has 3 aliphatic heterocycles. The number of benzene rings is 2. The van der Waals surface area contributed by atoms with E-state index in [4.69, 9.17) is 4.74 Å². The van der Waals surface area contributed by atoms with E-state index in [1.807, 2.05) is 36.4 Å². The van der Waals surface area contributed by atoms with Crippen LogP contribution in [0.4, 0.5) is 13.2 Å². The van der Waals surface area contributed by atoms with Gasteiger partial charge in [-0.3, -0.25) is 14.5 Å². The van der Waals surface area contributed by atoms with E-state index in [0.717, 1.165) is 5.56 Å². The number of likely N-dealkylation sites (tertiary alicyclic amines) is 1. The predicted molar refractivity (Wildman–Crippen MR) is 148 cm³/mol.